The summed E-state index contributed by atoms with van der Waals surface area (Å²) in [6.07, 6.45) is 4.04. The van der Waals surface area contributed by atoms with E-state index in [1.807, 2.05) is 6.92 Å². The molecule has 0 radical (unpaired) electrons. The topological polar surface area (TPSA) is 79.3 Å². The maximum atomic E-state index is 12.9. The van der Waals surface area contributed by atoms with E-state index in [4.69, 9.17) is 5.11 Å². The Hall–Kier alpha value is -1.98. The first-order valence-corrected chi connectivity index (χ1v) is 5.68. The lowest BCUT2D eigenvalue weighted by Gasteiger charge is -2.13. The Morgan fingerprint density at radius 2 is 2.22 bits per heavy atom. The van der Waals surface area contributed by atoms with E-state index < -0.39 is 23.7 Å². The molecule has 0 aliphatic rings. The Bertz CT molecular complexity index is 437. The second-order valence-corrected chi connectivity index (χ2v) is 3.90. The van der Waals surface area contributed by atoms with Crippen LogP contribution in [-0.4, -0.2) is 28.0 Å². The predicted molar refractivity (Wildman–Crippen MR) is 62.6 cm³/mol. The van der Waals surface area contributed by atoms with Crippen molar-refractivity contribution in [3.8, 4) is 0 Å². The van der Waals surface area contributed by atoms with Crippen molar-refractivity contribution in [1.82, 2.24) is 10.3 Å². The van der Waals surface area contributed by atoms with Gasteiger partial charge in [0.25, 0.3) is 5.91 Å². The molecule has 18 heavy (non-hydrogen) atoms. The van der Waals surface area contributed by atoms with Crippen molar-refractivity contribution in [3.63, 3.8) is 0 Å². The highest BCUT2D eigenvalue weighted by atomic mass is 19.1. The van der Waals surface area contributed by atoms with E-state index in [9.17, 15) is 14.0 Å². The third-order valence-corrected chi connectivity index (χ3v) is 2.42. The number of carboxylic acids is 1. The van der Waals surface area contributed by atoms with Crippen molar-refractivity contribution in [3.05, 3.63) is 29.8 Å². The van der Waals surface area contributed by atoms with E-state index in [-0.39, 0.29) is 5.56 Å². The zero-order valence-corrected chi connectivity index (χ0v) is 10.0. The van der Waals surface area contributed by atoms with Crippen molar-refractivity contribution in [2.75, 3.05) is 0 Å². The summed E-state index contributed by atoms with van der Waals surface area (Å²) in [6, 6.07) is 0.0573. The summed E-state index contributed by atoms with van der Waals surface area (Å²) in [6.45, 7) is 1.93. The molecule has 1 amide bonds. The van der Waals surface area contributed by atoms with Crippen LogP contribution in [0.2, 0.25) is 0 Å². The standard InChI is InChI=1S/C12H15FN2O3/c1-2-3-4-10(12(17)18)15-11(16)8-5-9(13)7-14-6-8/h5-7,10H,2-4H2,1H3,(H,15,16)(H,17,18). The lowest BCUT2D eigenvalue weighted by Crippen LogP contribution is -2.40. The quantitative estimate of drug-likeness (QED) is 0.808. The average molecular weight is 254 g/mol. The van der Waals surface area contributed by atoms with Crippen molar-refractivity contribution in [1.29, 1.82) is 0 Å². The molecule has 1 unspecified atom stereocenters. The number of nitrogens with zero attached hydrogens (tertiary/aromatic N) is 1. The highest BCUT2D eigenvalue weighted by molar-refractivity contribution is 5.96. The maximum absolute atomic E-state index is 12.9. The number of amides is 1. The van der Waals surface area contributed by atoms with E-state index in [1.54, 1.807) is 0 Å². The fourth-order valence-corrected chi connectivity index (χ4v) is 1.44. The van der Waals surface area contributed by atoms with Crippen LogP contribution in [0.25, 0.3) is 0 Å². The lowest BCUT2D eigenvalue weighted by molar-refractivity contribution is -0.139. The van der Waals surface area contributed by atoms with Gasteiger partial charge >= 0.3 is 5.97 Å². The largest absolute Gasteiger partial charge is 0.480 e. The summed E-state index contributed by atoms with van der Waals surface area (Å²) in [5.41, 5.74) is 0.0118. The molecule has 0 aromatic carbocycles. The van der Waals surface area contributed by atoms with Gasteiger partial charge in [0.15, 0.2) is 0 Å². The predicted octanol–water partition coefficient (Wildman–Crippen LogP) is 1.59. The molecule has 0 fully saturated rings. The zero-order valence-electron chi connectivity index (χ0n) is 10.0. The molecule has 98 valence electrons. The molecule has 6 heteroatoms. The number of pyridine rings is 1. The van der Waals surface area contributed by atoms with Crippen LogP contribution in [0.15, 0.2) is 18.5 Å². The molecule has 0 aliphatic carbocycles. The Kier molecular flexibility index (Phi) is 5.23. The number of unbranched alkanes of at least 4 members (excludes halogenated alkanes) is 1. The van der Waals surface area contributed by atoms with Gasteiger partial charge in [-0.05, 0) is 12.5 Å². The first-order chi connectivity index (χ1) is 8.54. The highest BCUT2D eigenvalue weighted by Gasteiger charge is 2.20. The van der Waals surface area contributed by atoms with E-state index in [2.05, 4.69) is 10.3 Å². The van der Waals surface area contributed by atoms with Crippen molar-refractivity contribution in [2.24, 2.45) is 0 Å². The molecule has 2 N–H and O–H groups in total. The fraction of sp³-hybridized carbons (Fsp3) is 0.417. The summed E-state index contributed by atoms with van der Waals surface area (Å²) in [7, 11) is 0. The number of hydrogen-bond donors (Lipinski definition) is 2. The van der Waals surface area contributed by atoms with Crippen LogP contribution in [-0.2, 0) is 4.79 Å². The first-order valence-electron chi connectivity index (χ1n) is 5.68. The fourth-order valence-electron chi connectivity index (χ4n) is 1.44. The average Bonchev–Trinajstić information content (AvgIpc) is 2.33. The Balaban J connectivity index is 2.69. The summed E-state index contributed by atoms with van der Waals surface area (Å²) >= 11 is 0. The number of halogens is 1. The summed E-state index contributed by atoms with van der Waals surface area (Å²) < 4.78 is 12.9. The van der Waals surface area contributed by atoms with Gasteiger partial charge < -0.3 is 10.4 Å². The minimum Gasteiger partial charge on any atom is -0.480 e. The normalized spacial score (nSPS) is 11.9. The van der Waals surface area contributed by atoms with Gasteiger partial charge in [-0.15, -0.1) is 0 Å². The van der Waals surface area contributed by atoms with Gasteiger partial charge in [-0.2, -0.15) is 0 Å². The number of aliphatic carboxylic acids is 1. The Morgan fingerprint density at radius 3 is 2.78 bits per heavy atom. The number of carboxylic acid groups (broad SMARTS) is 1. The second-order valence-electron chi connectivity index (χ2n) is 3.90. The molecule has 0 aliphatic heterocycles. The van der Waals surface area contributed by atoms with E-state index in [0.717, 1.165) is 18.7 Å². The Morgan fingerprint density at radius 1 is 1.50 bits per heavy atom. The SMILES string of the molecule is CCCCC(NC(=O)c1cncc(F)c1)C(=O)O. The molecule has 0 spiro atoms. The molecule has 1 rings (SSSR count). The van der Waals surface area contributed by atoms with Crippen LogP contribution in [0, 0.1) is 5.82 Å². The van der Waals surface area contributed by atoms with Gasteiger partial charge in [-0.3, -0.25) is 9.78 Å². The highest BCUT2D eigenvalue weighted by Crippen LogP contribution is 2.05. The van der Waals surface area contributed by atoms with Crippen molar-refractivity contribution in [2.45, 2.75) is 32.2 Å². The number of nitrogens with one attached hydrogen (secondary N) is 1. The van der Waals surface area contributed by atoms with Gasteiger partial charge in [0.1, 0.15) is 11.9 Å². The van der Waals surface area contributed by atoms with E-state index >= 15 is 0 Å². The number of aromatic nitrogens is 1. The number of hydrogen-bond acceptors (Lipinski definition) is 3. The number of rotatable bonds is 6. The summed E-state index contributed by atoms with van der Waals surface area (Å²) in [4.78, 5) is 26.2. The van der Waals surface area contributed by atoms with Crippen LogP contribution in [0.5, 0.6) is 0 Å². The third kappa shape index (κ3) is 4.12. The van der Waals surface area contributed by atoms with Crippen molar-refractivity contribution >= 4 is 11.9 Å². The second kappa shape index (κ2) is 6.68. The zero-order chi connectivity index (χ0) is 13.5. The first kappa shape index (κ1) is 14.1. The summed E-state index contributed by atoms with van der Waals surface area (Å²) in [5, 5.41) is 11.3. The molecule has 0 bridgehead atoms. The van der Waals surface area contributed by atoms with Crippen LogP contribution in [0.4, 0.5) is 4.39 Å². The van der Waals surface area contributed by atoms with E-state index in [1.165, 1.54) is 6.20 Å². The maximum Gasteiger partial charge on any atom is 0.326 e. The van der Waals surface area contributed by atoms with Gasteiger partial charge in [-0.25, -0.2) is 9.18 Å². The minimum atomic E-state index is -1.10. The minimum absolute atomic E-state index is 0.0118. The Labute approximate surface area is 104 Å². The molecule has 1 atom stereocenters. The molecule has 1 aromatic rings. The molecule has 5 nitrogen and oxygen atoms in total. The van der Waals surface area contributed by atoms with E-state index in [0.29, 0.717) is 12.8 Å². The smallest absolute Gasteiger partial charge is 0.326 e. The van der Waals surface area contributed by atoms with Crippen LogP contribution >= 0.6 is 0 Å². The van der Waals surface area contributed by atoms with Gasteiger partial charge in [0, 0.05) is 6.20 Å². The lowest BCUT2D eigenvalue weighted by atomic mass is 10.1. The molecule has 1 heterocycles. The molecule has 0 saturated carbocycles. The van der Waals surface area contributed by atoms with Crippen LogP contribution in [0.1, 0.15) is 36.5 Å². The summed E-state index contributed by atoms with van der Waals surface area (Å²) in [5.74, 6) is -2.37. The third-order valence-electron chi connectivity index (χ3n) is 2.42. The molecular weight excluding hydrogens is 239 g/mol. The van der Waals surface area contributed by atoms with Crippen LogP contribution in [0.3, 0.4) is 0 Å². The molecule has 0 saturated heterocycles. The van der Waals surface area contributed by atoms with Gasteiger partial charge in [0.2, 0.25) is 0 Å². The molecule has 1 aromatic heterocycles. The number of carbonyl (C=O) groups excluding carboxylic acids is 1. The molecular formula is C12H15FN2O3. The number of carbonyl (C=O) groups is 2. The monoisotopic (exact) mass is 254 g/mol. The van der Waals surface area contributed by atoms with Crippen LogP contribution < -0.4 is 5.32 Å². The van der Waals surface area contributed by atoms with Crippen molar-refractivity contribution < 1.29 is 19.1 Å². The van der Waals surface area contributed by atoms with Gasteiger partial charge in [0.05, 0.1) is 11.8 Å². The van der Waals surface area contributed by atoms with Gasteiger partial charge in [-0.1, -0.05) is 19.8 Å².